The SMILES string of the molecule is C=CCn1c(=NC(=O)c2cn(C)nc2OC)sc2cc(C)c(C)cc21. The lowest BCUT2D eigenvalue weighted by Crippen LogP contribution is -2.16. The minimum absolute atomic E-state index is 0.277. The molecule has 0 aliphatic rings. The van der Waals surface area contributed by atoms with E-state index < -0.39 is 0 Å². The molecule has 0 radical (unpaired) electrons. The van der Waals surface area contributed by atoms with Gasteiger partial charge in [0.2, 0.25) is 5.88 Å². The number of aromatic nitrogens is 3. The normalized spacial score (nSPS) is 11.9. The van der Waals surface area contributed by atoms with E-state index in [2.05, 4.69) is 42.7 Å². The summed E-state index contributed by atoms with van der Waals surface area (Å²) in [6.45, 7) is 8.55. The number of rotatable bonds is 4. The van der Waals surface area contributed by atoms with Crippen molar-refractivity contribution in [3.05, 3.63) is 52.5 Å². The second-order valence-corrected chi connectivity index (χ2v) is 6.84. The molecule has 3 rings (SSSR count). The van der Waals surface area contributed by atoms with E-state index in [0.717, 1.165) is 10.2 Å². The Morgan fingerprint density at radius 2 is 2.12 bits per heavy atom. The number of nitrogens with zero attached hydrogens (tertiary/aromatic N) is 4. The van der Waals surface area contributed by atoms with Crippen molar-refractivity contribution in [3.63, 3.8) is 0 Å². The monoisotopic (exact) mass is 356 g/mol. The predicted octanol–water partition coefficient (Wildman–Crippen LogP) is 2.99. The third-order valence-corrected chi connectivity index (χ3v) is 5.07. The summed E-state index contributed by atoms with van der Waals surface area (Å²) in [5, 5.41) is 4.11. The van der Waals surface area contributed by atoms with Gasteiger partial charge in [0.05, 0.1) is 17.3 Å². The number of thiazole rings is 1. The first-order valence-electron chi connectivity index (χ1n) is 7.82. The molecule has 3 aromatic rings. The van der Waals surface area contributed by atoms with E-state index >= 15 is 0 Å². The molecule has 6 nitrogen and oxygen atoms in total. The highest BCUT2D eigenvalue weighted by atomic mass is 32.1. The summed E-state index contributed by atoms with van der Waals surface area (Å²) in [5.41, 5.74) is 3.82. The summed E-state index contributed by atoms with van der Waals surface area (Å²) in [7, 11) is 3.23. The van der Waals surface area contributed by atoms with Crippen LogP contribution in [-0.4, -0.2) is 27.4 Å². The van der Waals surface area contributed by atoms with Gasteiger partial charge in [-0.25, -0.2) is 0 Å². The van der Waals surface area contributed by atoms with Crippen LogP contribution in [0.15, 0.2) is 36.0 Å². The Labute approximate surface area is 149 Å². The molecule has 0 saturated heterocycles. The van der Waals surface area contributed by atoms with Gasteiger partial charge in [0.15, 0.2) is 4.80 Å². The smallest absolute Gasteiger partial charge is 0.286 e. The van der Waals surface area contributed by atoms with Crippen LogP contribution in [0.1, 0.15) is 21.5 Å². The van der Waals surface area contributed by atoms with Gasteiger partial charge in [-0.2, -0.15) is 4.99 Å². The second-order valence-electron chi connectivity index (χ2n) is 5.83. The Hall–Kier alpha value is -2.67. The number of allylic oxidation sites excluding steroid dienone is 1. The first kappa shape index (κ1) is 17.2. The fourth-order valence-corrected chi connectivity index (χ4v) is 3.74. The van der Waals surface area contributed by atoms with Crippen LogP contribution in [0.2, 0.25) is 0 Å². The molecule has 0 N–H and O–H groups in total. The van der Waals surface area contributed by atoms with Crippen LogP contribution in [0.3, 0.4) is 0 Å². The zero-order chi connectivity index (χ0) is 18.1. The molecule has 0 unspecified atom stereocenters. The molecule has 0 fully saturated rings. The van der Waals surface area contributed by atoms with Gasteiger partial charge < -0.3 is 9.30 Å². The van der Waals surface area contributed by atoms with Crippen molar-refractivity contribution in [2.75, 3.05) is 7.11 Å². The number of aryl methyl sites for hydroxylation is 3. The molecule has 2 heterocycles. The topological polar surface area (TPSA) is 61.4 Å². The third kappa shape index (κ3) is 3.15. The second kappa shape index (κ2) is 6.68. The van der Waals surface area contributed by atoms with E-state index in [1.165, 1.54) is 34.3 Å². The molecule has 130 valence electrons. The lowest BCUT2D eigenvalue weighted by molar-refractivity contribution is 0.0995. The maximum absolute atomic E-state index is 12.6. The van der Waals surface area contributed by atoms with Gasteiger partial charge in [-0.05, 0) is 37.1 Å². The van der Waals surface area contributed by atoms with E-state index in [4.69, 9.17) is 4.74 Å². The van der Waals surface area contributed by atoms with Crippen LogP contribution in [-0.2, 0) is 13.6 Å². The molecule has 1 aromatic carbocycles. The zero-order valence-electron chi connectivity index (χ0n) is 14.7. The van der Waals surface area contributed by atoms with Crippen molar-refractivity contribution in [1.29, 1.82) is 0 Å². The van der Waals surface area contributed by atoms with Crippen LogP contribution in [0, 0.1) is 13.8 Å². The minimum atomic E-state index is -0.372. The van der Waals surface area contributed by atoms with Crippen LogP contribution in [0.25, 0.3) is 10.2 Å². The van der Waals surface area contributed by atoms with Crippen molar-refractivity contribution in [2.24, 2.45) is 12.0 Å². The summed E-state index contributed by atoms with van der Waals surface area (Å²) >= 11 is 1.49. The average Bonchev–Trinajstić information content (AvgIpc) is 3.10. The fraction of sp³-hybridized carbons (Fsp3) is 0.278. The quantitative estimate of drug-likeness (QED) is 0.675. The van der Waals surface area contributed by atoms with Gasteiger partial charge >= 0.3 is 0 Å². The van der Waals surface area contributed by atoms with E-state index in [9.17, 15) is 4.79 Å². The summed E-state index contributed by atoms with van der Waals surface area (Å²) in [6.07, 6.45) is 3.42. The molecule has 7 heteroatoms. The predicted molar refractivity (Wildman–Crippen MR) is 99.1 cm³/mol. The molecule has 0 spiro atoms. The van der Waals surface area contributed by atoms with Crippen molar-refractivity contribution in [2.45, 2.75) is 20.4 Å². The van der Waals surface area contributed by atoms with Gasteiger partial charge in [-0.3, -0.25) is 9.48 Å². The molecular formula is C18H20N4O2S. The highest BCUT2D eigenvalue weighted by Gasteiger charge is 2.17. The Morgan fingerprint density at radius 3 is 2.80 bits per heavy atom. The lowest BCUT2D eigenvalue weighted by atomic mass is 10.1. The number of benzene rings is 1. The maximum atomic E-state index is 12.6. The number of methoxy groups -OCH3 is 1. The van der Waals surface area contributed by atoms with E-state index in [-0.39, 0.29) is 11.8 Å². The molecule has 25 heavy (non-hydrogen) atoms. The average molecular weight is 356 g/mol. The fourth-order valence-electron chi connectivity index (χ4n) is 2.62. The third-order valence-electron chi connectivity index (χ3n) is 4.03. The number of carbonyl (C=O) groups is 1. The number of amides is 1. The highest BCUT2D eigenvalue weighted by Crippen LogP contribution is 2.22. The molecule has 1 amide bonds. The van der Waals surface area contributed by atoms with Crippen molar-refractivity contribution in [1.82, 2.24) is 14.3 Å². The maximum Gasteiger partial charge on any atom is 0.286 e. The Bertz CT molecular complexity index is 1040. The number of hydrogen-bond donors (Lipinski definition) is 0. The molecule has 0 aliphatic heterocycles. The van der Waals surface area contributed by atoms with Crippen molar-refractivity contribution < 1.29 is 9.53 Å². The largest absolute Gasteiger partial charge is 0.479 e. The Kier molecular flexibility index (Phi) is 4.59. The number of carbonyl (C=O) groups excluding carboxylic acids is 1. The van der Waals surface area contributed by atoms with Gasteiger partial charge in [0.1, 0.15) is 5.56 Å². The van der Waals surface area contributed by atoms with E-state index in [1.807, 2.05) is 4.57 Å². The van der Waals surface area contributed by atoms with Crippen LogP contribution < -0.4 is 9.54 Å². The van der Waals surface area contributed by atoms with Crippen LogP contribution in [0.5, 0.6) is 5.88 Å². The zero-order valence-corrected chi connectivity index (χ0v) is 15.6. The number of ether oxygens (including phenoxy) is 1. The molecular weight excluding hydrogens is 336 g/mol. The lowest BCUT2D eigenvalue weighted by Gasteiger charge is -2.04. The standard InChI is InChI=1S/C18H20N4O2S/c1-6-7-22-14-8-11(2)12(3)9-15(14)25-18(22)19-16(23)13-10-21(4)20-17(13)24-5/h6,8-10H,1,7H2,2-5H3. The summed E-state index contributed by atoms with van der Waals surface area (Å²) < 4.78 is 9.79. The molecule has 0 saturated carbocycles. The summed E-state index contributed by atoms with van der Waals surface area (Å²) in [6, 6.07) is 4.25. The molecule has 0 aliphatic carbocycles. The first-order valence-corrected chi connectivity index (χ1v) is 8.64. The molecule has 0 atom stereocenters. The van der Waals surface area contributed by atoms with Crippen LogP contribution >= 0.6 is 11.3 Å². The van der Waals surface area contributed by atoms with Gasteiger partial charge in [-0.1, -0.05) is 17.4 Å². The van der Waals surface area contributed by atoms with Crippen molar-refractivity contribution >= 4 is 27.5 Å². The van der Waals surface area contributed by atoms with Gasteiger partial charge in [-0.15, -0.1) is 11.7 Å². The van der Waals surface area contributed by atoms with Crippen molar-refractivity contribution in [3.8, 4) is 5.88 Å². The minimum Gasteiger partial charge on any atom is -0.479 e. The Morgan fingerprint density at radius 1 is 1.40 bits per heavy atom. The molecule has 0 bridgehead atoms. The Balaban J connectivity index is 2.19. The highest BCUT2D eigenvalue weighted by molar-refractivity contribution is 7.16. The number of hydrogen-bond acceptors (Lipinski definition) is 4. The van der Waals surface area contributed by atoms with E-state index in [0.29, 0.717) is 16.9 Å². The number of fused-ring (bicyclic) bond motifs is 1. The summed E-state index contributed by atoms with van der Waals surface area (Å²) in [4.78, 5) is 17.6. The summed E-state index contributed by atoms with van der Waals surface area (Å²) in [5.74, 6) is -0.0953. The van der Waals surface area contributed by atoms with Gasteiger partial charge in [0.25, 0.3) is 5.91 Å². The van der Waals surface area contributed by atoms with Crippen LogP contribution in [0.4, 0.5) is 0 Å². The first-order chi connectivity index (χ1) is 11.9. The van der Waals surface area contributed by atoms with E-state index in [1.54, 1.807) is 19.3 Å². The van der Waals surface area contributed by atoms with Gasteiger partial charge in [0, 0.05) is 19.8 Å². The molecule has 2 aromatic heterocycles.